The molecule has 0 bridgehead atoms. The van der Waals surface area contributed by atoms with E-state index in [1.165, 1.54) is 32.1 Å². The molecule has 0 radical (unpaired) electrons. The van der Waals surface area contributed by atoms with Gasteiger partial charge in [-0.1, -0.05) is 44.6 Å². The molecular formula is C26H43NO. The molecule has 0 saturated heterocycles. The average molecular weight is 386 g/mol. The molecule has 0 unspecified atom stereocenters. The van der Waals surface area contributed by atoms with Crippen molar-refractivity contribution in [2.45, 2.75) is 84.8 Å². The summed E-state index contributed by atoms with van der Waals surface area (Å²) < 4.78 is 0. The monoisotopic (exact) mass is 385 g/mol. The number of fused-ring (bicyclic) bond motifs is 5. The van der Waals surface area contributed by atoms with Gasteiger partial charge in [0.1, 0.15) is 5.72 Å². The van der Waals surface area contributed by atoms with Gasteiger partial charge in [-0.2, -0.15) is 0 Å². The maximum Gasteiger partial charge on any atom is 0.121 e. The van der Waals surface area contributed by atoms with Gasteiger partial charge in [-0.25, -0.2) is 0 Å². The maximum atomic E-state index is 11.1. The molecule has 0 aliphatic heterocycles. The van der Waals surface area contributed by atoms with Gasteiger partial charge in [0.25, 0.3) is 0 Å². The van der Waals surface area contributed by atoms with Crippen LogP contribution in [-0.4, -0.2) is 29.8 Å². The van der Waals surface area contributed by atoms with Crippen molar-refractivity contribution in [1.82, 2.24) is 4.90 Å². The standard InChI is InChI=1S/C26H43NO/c1-7-8-18(2)21-11-12-22-20-10-9-19-17-26(28,27(5)6)16-15-24(19,3)23(20)13-14-25(21,22)4/h7-9,18,20-23,28H,10-17H2,1-6H3/t18-,20+,21-,22+,23+,24+,25-,26+/m1/s1. The van der Waals surface area contributed by atoms with Crippen LogP contribution in [0.5, 0.6) is 0 Å². The Bertz CT molecular complexity index is 665. The van der Waals surface area contributed by atoms with E-state index in [0.29, 0.717) is 16.7 Å². The van der Waals surface area contributed by atoms with Crippen LogP contribution in [0.1, 0.15) is 79.1 Å². The topological polar surface area (TPSA) is 23.5 Å². The fourth-order valence-electron chi connectivity index (χ4n) is 8.35. The summed E-state index contributed by atoms with van der Waals surface area (Å²) in [6.45, 7) is 9.81. The highest BCUT2D eigenvalue weighted by Gasteiger charge is 2.60. The van der Waals surface area contributed by atoms with E-state index in [4.69, 9.17) is 0 Å². The van der Waals surface area contributed by atoms with E-state index >= 15 is 0 Å². The van der Waals surface area contributed by atoms with E-state index in [-0.39, 0.29) is 0 Å². The van der Waals surface area contributed by atoms with Crippen molar-refractivity contribution in [3.63, 3.8) is 0 Å². The first-order valence-electron chi connectivity index (χ1n) is 11.9. The minimum Gasteiger partial charge on any atom is -0.375 e. The maximum absolute atomic E-state index is 11.1. The predicted octanol–water partition coefficient (Wildman–Crippen LogP) is 6.03. The number of allylic oxidation sites excluding steroid dienone is 3. The van der Waals surface area contributed by atoms with Gasteiger partial charge in [-0.15, -0.1) is 0 Å². The molecule has 4 aliphatic rings. The van der Waals surface area contributed by atoms with Crippen LogP contribution in [0.3, 0.4) is 0 Å². The zero-order valence-corrected chi connectivity index (χ0v) is 19.2. The van der Waals surface area contributed by atoms with Gasteiger partial charge in [0.05, 0.1) is 0 Å². The van der Waals surface area contributed by atoms with Crippen LogP contribution >= 0.6 is 0 Å². The van der Waals surface area contributed by atoms with E-state index in [1.807, 2.05) is 19.0 Å². The Labute approximate surface area is 173 Å². The highest BCUT2D eigenvalue weighted by molar-refractivity contribution is 5.27. The lowest BCUT2D eigenvalue weighted by Gasteiger charge is -2.59. The van der Waals surface area contributed by atoms with E-state index in [9.17, 15) is 5.11 Å². The summed E-state index contributed by atoms with van der Waals surface area (Å²) in [5.74, 6) is 4.16. The minimum atomic E-state index is -0.637. The molecule has 2 heteroatoms. The van der Waals surface area contributed by atoms with Crippen molar-refractivity contribution < 1.29 is 5.11 Å². The molecule has 28 heavy (non-hydrogen) atoms. The van der Waals surface area contributed by atoms with Crippen LogP contribution in [0.2, 0.25) is 0 Å². The van der Waals surface area contributed by atoms with Crippen molar-refractivity contribution in [3.05, 3.63) is 23.8 Å². The summed E-state index contributed by atoms with van der Waals surface area (Å²) >= 11 is 0. The van der Waals surface area contributed by atoms with E-state index < -0.39 is 5.72 Å². The first-order valence-corrected chi connectivity index (χ1v) is 11.9. The van der Waals surface area contributed by atoms with Crippen molar-refractivity contribution in [3.8, 4) is 0 Å². The SMILES string of the molecule is CC=C[C@@H](C)[C@H]1CC[C@H]2[C@@H]3CC=C4C[C@](O)(N(C)C)CC[C@]4(C)[C@H]3CC[C@]12C. The van der Waals surface area contributed by atoms with E-state index in [0.717, 1.165) is 42.9 Å². The van der Waals surface area contributed by atoms with Crippen molar-refractivity contribution >= 4 is 0 Å². The summed E-state index contributed by atoms with van der Waals surface area (Å²) in [6, 6.07) is 0. The minimum absolute atomic E-state index is 0.319. The second-order valence-corrected chi connectivity index (χ2v) is 11.4. The number of nitrogens with zero attached hydrogens (tertiary/aromatic N) is 1. The summed E-state index contributed by atoms with van der Waals surface area (Å²) in [4.78, 5) is 2.04. The molecule has 0 spiro atoms. The molecule has 0 amide bonds. The van der Waals surface area contributed by atoms with Crippen molar-refractivity contribution in [2.24, 2.45) is 40.4 Å². The molecule has 4 aliphatic carbocycles. The Morgan fingerprint density at radius 3 is 2.54 bits per heavy atom. The third-order valence-corrected chi connectivity index (χ3v) is 10.2. The van der Waals surface area contributed by atoms with Gasteiger partial charge >= 0.3 is 0 Å². The van der Waals surface area contributed by atoms with E-state index in [1.54, 1.807) is 5.57 Å². The van der Waals surface area contributed by atoms with Crippen LogP contribution in [0.15, 0.2) is 23.8 Å². The molecule has 1 N–H and O–H groups in total. The molecule has 0 aromatic rings. The Hall–Kier alpha value is -0.600. The molecule has 8 atom stereocenters. The lowest BCUT2D eigenvalue weighted by Crippen LogP contribution is -2.55. The molecular weight excluding hydrogens is 342 g/mol. The quantitative estimate of drug-likeness (QED) is 0.474. The first-order chi connectivity index (χ1) is 13.2. The lowest BCUT2D eigenvalue weighted by molar-refractivity contribution is -0.128. The Morgan fingerprint density at radius 2 is 1.86 bits per heavy atom. The molecule has 2 nitrogen and oxygen atoms in total. The third-order valence-electron chi connectivity index (χ3n) is 10.2. The van der Waals surface area contributed by atoms with Gasteiger partial charge in [0, 0.05) is 6.42 Å². The zero-order chi connectivity index (χ0) is 20.3. The summed E-state index contributed by atoms with van der Waals surface area (Å²) in [6.07, 6.45) is 17.1. The van der Waals surface area contributed by atoms with Crippen molar-refractivity contribution in [2.75, 3.05) is 14.1 Å². The number of aliphatic hydroxyl groups is 1. The second kappa shape index (κ2) is 6.98. The normalized spacial score (nSPS) is 49.5. The smallest absolute Gasteiger partial charge is 0.121 e. The van der Waals surface area contributed by atoms with E-state index in [2.05, 4.69) is 45.9 Å². The van der Waals surface area contributed by atoms with Crippen LogP contribution in [0, 0.1) is 40.4 Å². The molecule has 0 heterocycles. The first kappa shape index (κ1) is 20.7. The molecule has 3 fully saturated rings. The third kappa shape index (κ3) is 2.88. The molecule has 0 aromatic heterocycles. The van der Waals surface area contributed by atoms with Gasteiger partial charge in [-0.05, 0) is 106 Å². The van der Waals surface area contributed by atoms with Crippen LogP contribution in [0.4, 0.5) is 0 Å². The van der Waals surface area contributed by atoms with Gasteiger partial charge in [0.15, 0.2) is 0 Å². The lowest BCUT2D eigenvalue weighted by atomic mass is 9.46. The summed E-state index contributed by atoms with van der Waals surface area (Å²) in [5.41, 5.74) is 1.78. The average Bonchev–Trinajstić information content (AvgIpc) is 3.00. The fourth-order valence-corrected chi connectivity index (χ4v) is 8.35. The molecule has 4 rings (SSSR count). The summed E-state index contributed by atoms with van der Waals surface area (Å²) in [7, 11) is 4.07. The van der Waals surface area contributed by atoms with Gasteiger partial charge in [-0.3, -0.25) is 4.90 Å². The highest BCUT2D eigenvalue weighted by Crippen LogP contribution is 2.67. The molecule has 0 aromatic carbocycles. The number of hydrogen-bond donors (Lipinski definition) is 1. The molecule has 3 saturated carbocycles. The Balaban J connectivity index is 1.60. The van der Waals surface area contributed by atoms with Gasteiger partial charge in [0.2, 0.25) is 0 Å². The molecule has 158 valence electrons. The predicted molar refractivity (Wildman–Crippen MR) is 118 cm³/mol. The number of rotatable bonds is 3. The second-order valence-electron chi connectivity index (χ2n) is 11.4. The Kier molecular flexibility index (Phi) is 5.15. The van der Waals surface area contributed by atoms with Crippen LogP contribution in [-0.2, 0) is 0 Å². The van der Waals surface area contributed by atoms with Gasteiger partial charge < -0.3 is 5.11 Å². The summed E-state index contributed by atoms with van der Waals surface area (Å²) in [5, 5.41) is 11.1. The van der Waals surface area contributed by atoms with Crippen molar-refractivity contribution in [1.29, 1.82) is 0 Å². The Morgan fingerprint density at radius 1 is 1.11 bits per heavy atom. The fraction of sp³-hybridized carbons (Fsp3) is 0.846. The largest absolute Gasteiger partial charge is 0.375 e. The van der Waals surface area contributed by atoms with Crippen LogP contribution in [0.25, 0.3) is 0 Å². The highest BCUT2D eigenvalue weighted by atomic mass is 16.3. The number of hydrogen-bond acceptors (Lipinski definition) is 2. The zero-order valence-electron chi connectivity index (χ0n) is 19.2. The van der Waals surface area contributed by atoms with Crippen LogP contribution < -0.4 is 0 Å².